The van der Waals surface area contributed by atoms with E-state index in [1.165, 1.54) is 12.1 Å². The third kappa shape index (κ3) is 3.46. The molecule has 2 aliphatic rings. The zero-order valence-electron chi connectivity index (χ0n) is 16.7. The lowest BCUT2D eigenvalue weighted by atomic mass is 9.81. The van der Waals surface area contributed by atoms with Gasteiger partial charge in [0.2, 0.25) is 0 Å². The molecule has 1 aliphatic heterocycles. The fraction of sp³-hybridized carbons (Fsp3) is 0.391. The zero-order chi connectivity index (χ0) is 21.5. The standard InChI is InChI=1S/C23H23F3N4/c1-15-5-7-16(8-6-15)20-29-22(11-3-2-4-12-22)21(28)30(20)18-10-9-17(14-27)19(13-18)23(24,25)26/h5-10,13,20,28-29H,2-4,11-12H2,1H3. The summed E-state index contributed by atoms with van der Waals surface area (Å²) in [7, 11) is 0. The van der Waals surface area contributed by atoms with Crippen molar-refractivity contribution in [3.8, 4) is 6.07 Å². The molecule has 2 fully saturated rings. The van der Waals surface area contributed by atoms with Gasteiger partial charge in [0, 0.05) is 5.69 Å². The molecule has 7 heteroatoms. The Morgan fingerprint density at radius 3 is 2.37 bits per heavy atom. The van der Waals surface area contributed by atoms with E-state index in [0.29, 0.717) is 5.84 Å². The van der Waals surface area contributed by atoms with Gasteiger partial charge in [-0.15, -0.1) is 0 Å². The quantitative estimate of drug-likeness (QED) is 0.668. The summed E-state index contributed by atoms with van der Waals surface area (Å²) in [6.45, 7) is 1.98. The second-order valence-electron chi connectivity index (χ2n) is 8.16. The maximum absolute atomic E-state index is 13.6. The van der Waals surface area contributed by atoms with Gasteiger partial charge in [0.15, 0.2) is 0 Å². The summed E-state index contributed by atoms with van der Waals surface area (Å²) < 4.78 is 40.7. The van der Waals surface area contributed by atoms with E-state index in [9.17, 15) is 13.2 Å². The highest BCUT2D eigenvalue weighted by Crippen LogP contribution is 2.44. The van der Waals surface area contributed by atoms with E-state index in [1.807, 2.05) is 31.2 Å². The van der Waals surface area contributed by atoms with Crippen LogP contribution in [0.25, 0.3) is 0 Å². The fourth-order valence-electron chi connectivity index (χ4n) is 4.56. The van der Waals surface area contributed by atoms with E-state index in [4.69, 9.17) is 10.7 Å². The van der Waals surface area contributed by atoms with Crippen molar-refractivity contribution in [2.45, 2.75) is 56.9 Å². The van der Waals surface area contributed by atoms with Crippen molar-refractivity contribution in [2.75, 3.05) is 4.90 Å². The Morgan fingerprint density at radius 2 is 1.77 bits per heavy atom. The van der Waals surface area contributed by atoms with Crippen molar-refractivity contribution in [1.29, 1.82) is 10.7 Å². The van der Waals surface area contributed by atoms with Gasteiger partial charge in [-0.05, 0) is 43.5 Å². The molecule has 1 unspecified atom stereocenters. The van der Waals surface area contributed by atoms with Crippen LogP contribution in [0.5, 0.6) is 0 Å². The number of hydrogen-bond acceptors (Lipinski definition) is 3. The number of hydrogen-bond donors (Lipinski definition) is 2. The fourth-order valence-corrected chi connectivity index (χ4v) is 4.56. The van der Waals surface area contributed by atoms with Gasteiger partial charge in [0.25, 0.3) is 0 Å². The molecule has 1 aliphatic carbocycles. The van der Waals surface area contributed by atoms with Gasteiger partial charge < -0.3 is 4.90 Å². The minimum Gasteiger partial charge on any atom is -0.308 e. The van der Waals surface area contributed by atoms with Crippen LogP contribution in [0, 0.1) is 23.7 Å². The summed E-state index contributed by atoms with van der Waals surface area (Å²) in [6.07, 6.45) is -0.458. The predicted octanol–water partition coefficient (Wildman–Crippen LogP) is 5.67. The number of rotatable bonds is 2. The van der Waals surface area contributed by atoms with E-state index in [0.717, 1.165) is 49.3 Å². The van der Waals surface area contributed by atoms with Gasteiger partial charge in [-0.1, -0.05) is 49.1 Å². The summed E-state index contributed by atoms with van der Waals surface area (Å²) in [5.41, 5.74) is 0.327. The van der Waals surface area contributed by atoms with Crippen LogP contribution in [0.1, 0.15) is 60.5 Å². The van der Waals surface area contributed by atoms with Crippen molar-refractivity contribution in [2.24, 2.45) is 0 Å². The van der Waals surface area contributed by atoms with Gasteiger partial charge >= 0.3 is 6.18 Å². The molecule has 4 nitrogen and oxygen atoms in total. The number of nitriles is 1. The van der Waals surface area contributed by atoms with Crippen molar-refractivity contribution >= 4 is 11.5 Å². The van der Waals surface area contributed by atoms with E-state index in [1.54, 1.807) is 11.0 Å². The molecule has 1 saturated carbocycles. The van der Waals surface area contributed by atoms with Gasteiger partial charge in [0.1, 0.15) is 12.0 Å². The number of aryl methyl sites for hydroxylation is 1. The van der Waals surface area contributed by atoms with Crippen LogP contribution in [0.4, 0.5) is 18.9 Å². The third-order valence-electron chi connectivity index (χ3n) is 6.17. The highest BCUT2D eigenvalue weighted by Gasteiger charge is 2.50. The lowest BCUT2D eigenvalue weighted by Crippen LogP contribution is -2.48. The number of amidine groups is 1. The molecule has 2 N–H and O–H groups in total. The molecule has 4 rings (SSSR count). The molecule has 2 aromatic carbocycles. The van der Waals surface area contributed by atoms with Gasteiger partial charge in [0.05, 0.1) is 22.7 Å². The van der Waals surface area contributed by atoms with Crippen LogP contribution >= 0.6 is 0 Å². The van der Waals surface area contributed by atoms with Crippen molar-refractivity contribution in [1.82, 2.24) is 5.32 Å². The highest BCUT2D eigenvalue weighted by molar-refractivity contribution is 6.05. The van der Waals surface area contributed by atoms with Crippen LogP contribution in [0.3, 0.4) is 0 Å². The summed E-state index contributed by atoms with van der Waals surface area (Å²) in [5, 5.41) is 21.7. The molecule has 1 spiro atoms. The lowest BCUT2D eigenvalue weighted by molar-refractivity contribution is -0.137. The van der Waals surface area contributed by atoms with Crippen molar-refractivity contribution in [3.05, 3.63) is 64.7 Å². The monoisotopic (exact) mass is 412 g/mol. The molecule has 0 aromatic heterocycles. The third-order valence-corrected chi connectivity index (χ3v) is 6.17. The number of benzene rings is 2. The predicted molar refractivity (Wildman–Crippen MR) is 109 cm³/mol. The summed E-state index contributed by atoms with van der Waals surface area (Å²) >= 11 is 0. The Labute approximate surface area is 173 Å². The molecule has 0 bridgehead atoms. The maximum Gasteiger partial charge on any atom is 0.417 e. The summed E-state index contributed by atoms with van der Waals surface area (Å²) in [5.74, 6) is 0.297. The molecule has 1 atom stereocenters. The average molecular weight is 412 g/mol. The molecule has 2 aromatic rings. The highest BCUT2D eigenvalue weighted by atomic mass is 19.4. The molecule has 0 radical (unpaired) electrons. The number of nitrogens with one attached hydrogen (secondary N) is 2. The Morgan fingerprint density at radius 1 is 1.10 bits per heavy atom. The first-order valence-corrected chi connectivity index (χ1v) is 10.1. The van der Waals surface area contributed by atoms with Gasteiger partial charge in [-0.3, -0.25) is 10.7 Å². The lowest BCUT2D eigenvalue weighted by Gasteiger charge is -2.33. The molecular formula is C23H23F3N4. The Kier molecular flexibility index (Phi) is 5.07. The topological polar surface area (TPSA) is 62.9 Å². The van der Waals surface area contributed by atoms with Crippen molar-refractivity contribution < 1.29 is 13.2 Å². The van der Waals surface area contributed by atoms with Crippen LogP contribution in [-0.4, -0.2) is 11.4 Å². The van der Waals surface area contributed by atoms with E-state index in [-0.39, 0.29) is 5.69 Å². The van der Waals surface area contributed by atoms with E-state index < -0.39 is 29.0 Å². The molecular weight excluding hydrogens is 389 g/mol. The van der Waals surface area contributed by atoms with Crippen molar-refractivity contribution in [3.63, 3.8) is 0 Å². The minimum absolute atomic E-state index is 0.270. The Hall–Kier alpha value is -2.85. The van der Waals surface area contributed by atoms with Crippen LogP contribution < -0.4 is 10.2 Å². The number of anilines is 1. The second-order valence-corrected chi connectivity index (χ2v) is 8.16. The van der Waals surface area contributed by atoms with Crippen LogP contribution in [-0.2, 0) is 6.18 Å². The number of nitrogens with zero attached hydrogens (tertiary/aromatic N) is 2. The van der Waals surface area contributed by atoms with Crippen LogP contribution in [0.15, 0.2) is 42.5 Å². The van der Waals surface area contributed by atoms with Gasteiger partial charge in [-0.25, -0.2) is 0 Å². The first kappa shape index (κ1) is 20.4. The number of halogens is 3. The first-order valence-electron chi connectivity index (χ1n) is 10.1. The second kappa shape index (κ2) is 7.44. The Balaban J connectivity index is 1.83. The zero-order valence-corrected chi connectivity index (χ0v) is 16.7. The molecule has 156 valence electrons. The van der Waals surface area contributed by atoms with E-state index in [2.05, 4.69) is 5.32 Å². The molecule has 30 heavy (non-hydrogen) atoms. The molecule has 1 heterocycles. The average Bonchev–Trinajstić information content (AvgIpc) is 3.00. The normalized spacial score (nSPS) is 21.1. The number of alkyl halides is 3. The minimum atomic E-state index is -4.64. The first-order chi connectivity index (χ1) is 14.2. The molecule has 0 amide bonds. The Bertz CT molecular complexity index is 999. The summed E-state index contributed by atoms with van der Waals surface area (Å²) in [6, 6.07) is 13.2. The smallest absolute Gasteiger partial charge is 0.308 e. The van der Waals surface area contributed by atoms with Gasteiger partial charge in [-0.2, -0.15) is 18.4 Å². The maximum atomic E-state index is 13.6. The molecule has 1 saturated heterocycles. The van der Waals surface area contributed by atoms with E-state index >= 15 is 0 Å². The van der Waals surface area contributed by atoms with Crippen LogP contribution in [0.2, 0.25) is 0 Å². The summed E-state index contributed by atoms with van der Waals surface area (Å²) in [4.78, 5) is 1.66. The largest absolute Gasteiger partial charge is 0.417 e. The SMILES string of the molecule is Cc1ccc(C2NC3(CCCCC3)C(=N)N2c2ccc(C#N)c(C(F)(F)F)c2)cc1.